The molecule has 2 rings (SSSR count). The number of hydrogen-bond donors (Lipinski definition) is 0. The van der Waals surface area contributed by atoms with Crippen LogP contribution in [0.2, 0.25) is 0 Å². The fraction of sp³-hybridized carbons (Fsp3) is 0. The van der Waals surface area contributed by atoms with Gasteiger partial charge in [-0.25, -0.2) is 4.98 Å². The molecule has 1 heterocycles. The first kappa shape index (κ1) is 9.73. The molecule has 4 heteroatoms. The molecule has 15 heavy (non-hydrogen) atoms. The highest BCUT2D eigenvalue weighted by Crippen LogP contribution is 2.17. The number of rotatable bonds is 3. The number of hydrogen-bond acceptors (Lipinski definition) is 4. The fourth-order valence-electron chi connectivity index (χ4n) is 1.08. The van der Waals surface area contributed by atoms with Crippen molar-refractivity contribution >= 4 is 17.6 Å². The van der Waals surface area contributed by atoms with Crippen LogP contribution in [0.1, 0.15) is 5.82 Å². The predicted octanol–water partition coefficient (Wildman–Crippen LogP) is 2.62. The van der Waals surface area contributed by atoms with Gasteiger partial charge in [0.15, 0.2) is 5.82 Å². The molecule has 0 saturated carbocycles. The van der Waals surface area contributed by atoms with Gasteiger partial charge in [-0.2, -0.15) is 4.98 Å². The summed E-state index contributed by atoms with van der Waals surface area (Å²) >= 11 is 4.74. The fourth-order valence-corrected chi connectivity index (χ4v) is 1.19. The largest absolute Gasteiger partial charge is 0.439 e. The highest BCUT2D eigenvalue weighted by atomic mass is 32.1. The van der Waals surface area contributed by atoms with Crippen molar-refractivity contribution in [1.82, 2.24) is 9.97 Å². The molecule has 0 bridgehead atoms. The lowest BCUT2D eigenvalue weighted by atomic mass is 10.3. The maximum absolute atomic E-state index is 5.50. The molecule has 1 aromatic heterocycles. The van der Waals surface area contributed by atoms with Crippen molar-refractivity contribution in [3.8, 4) is 11.6 Å². The number of thiocarbonyl (C=S) groups is 1. The maximum atomic E-state index is 5.50. The predicted molar refractivity (Wildman–Crippen MR) is 61.3 cm³/mol. The lowest BCUT2D eigenvalue weighted by molar-refractivity contribution is 0.461. The molecule has 0 radical (unpaired) electrons. The molecular weight excluding hydrogens is 208 g/mol. The van der Waals surface area contributed by atoms with E-state index < -0.39 is 0 Å². The Balaban J connectivity index is 2.21. The summed E-state index contributed by atoms with van der Waals surface area (Å²) in [6.45, 7) is 0. The van der Waals surface area contributed by atoms with Crippen molar-refractivity contribution in [3.63, 3.8) is 0 Å². The third kappa shape index (κ3) is 2.57. The van der Waals surface area contributed by atoms with Crippen LogP contribution >= 0.6 is 12.2 Å². The van der Waals surface area contributed by atoms with Crippen LogP contribution in [0.4, 0.5) is 0 Å². The molecule has 0 aliphatic heterocycles. The zero-order valence-corrected chi connectivity index (χ0v) is 8.65. The van der Waals surface area contributed by atoms with E-state index in [-0.39, 0.29) is 0 Å². The number of aromatic nitrogens is 2. The van der Waals surface area contributed by atoms with Gasteiger partial charge in [0.25, 0.3) is 0 Å². The van der Waals surface area contributed by atoms with Crippen LogP contribution in [-0.4, -0.2) is 15.3 Å². The standard InChI is InChI=1S/C11H8N2OS/c15-8-10-12-7-6-11(13-10)14-9-4-2-1-3-5-9/h1-8H. The monoisotopic (exact) mass is 216 g/mol. The van der Waals surface area contributed by atoms with E-state index in [9.17, 15) is 0 Å². The van der Waals surface area contributed by atoms with Gasteiger partial charge in [-0.15, -0.1) is 0 Å². The summed E-state index contributed by atoms with van der Waals surface area (Å²) in [5, 5.41) is 1.41. The summed E-state index contributed by atoms with van der Waals surface area (Å²) in [7, 11) is 0. The van der Waals surface area contributed by atoms with Crippen molar-refractivity contribution in [3.05, 3.63) is 48.4 Å². The van der Waals surface area contributed by atoms with Crippen LogP contribution in [0, 0.1) is 0 Å². The molecule has 0 amide bonds. The van der Waals surface area contributed by atoms with Gasteiger partial charge in [0.2, 0.25) is 5.88 Å². The van der Waals surface area contributed by atoms with Crippen LogP contribution in [0.3, 0.4) is 0 Å². The Bertz CT molecular complexity index is 459. The quantitative estimate of drug-likeness (QED) is 0.739. The molecule has 0 spiro atoms. The Morgan fingerprint density at radius 1 is 1.13 bits per heavy atom. The molecule has 0 saturated heterocycles. The molecule has 0 aliphatic carbocycles. The SMILES string of the molecule is S=Cc1nccc(Oc2ccccc2)n1. The number of nitrogens with zero attached hydrogens (tertiary/aromatic N) is 2. The highest BCUT2D eigenvalue weighted by molar-refractivity contribution is 7.79. The zero-order valence-electron chi connectivity index (χ0n) is 7.83. The van der Waals surface area contributed by atoms with Gasteiger partial charge < -0.3 is 4.74 Å². The van der Waals surface area contributed by atoms with E-state index >= 15 is 0 Å². The number of benzene rings is 1. The van der Waals surface area contributed by atoms with E-state index in [1.165, 1.54) is 5.37 Å². The van der Waals surface area contributed by atoms with Crippen molar-refractivity contribution in [2.75, 3.05) is 0 Å². The van der Waals surface area contributed by atoms with Gasteiger partial charge in [-0.3, -0.25) is 0 Å². The van der Waals surface area contributed by atoms with E-state index in [0.29, 0.717) is 11.7 Å². The van der Waals surface area contributed by atoms with E-state index in [4.69, 9.17) is 17.0 Å². The molecule has 0 aliphatic rings. The average molecular weight is 216 g/mol. The summed E-state index contributed by atoms with van der Waals surface area (Å²) in [4.78, 5) is 8.04. The number of ether oxygens (including phenoxy) is 1. The Morgan fingerprint density at radius 2 is 1.93 bits per heavy atom. The van der Waals surface area contributed by atoms with Gasteiger partial charge >= 0.3 is 0 Å². The van der Waals surface area contributed by atoms with E-state index in [1.54, 1.807) is 12.3 Å². The molecule has 3 nitrogen and oxygen atoms in total. The molecule has 0 atom stereocenters. The Kier molecular flexibility index (Phi) is 2.99. The summed E-state index contributed by atoms with van der Waals surface area (Å²) in [6.07, 6.45) is 1.61. The topological polar surface area (TPSA) is 35.0 Å². The molecular formula is C11H8N2OS. The Labute approximate surface area is 92.8 Å². The summed E-state index contributed by atoms with van der Waals surface area (Å²) in [6, 6.07) is 11.1. The summed E-state index contributed by atoms with van der Waals surface area (Å²) in [5.74, 6) is 1.72. The molecule has 1 aromatic carbocycles. The average Bonchev–Trinajstić information content (AvgIpc) is 2.31. The second-order valence-corrected chi connectivity index (χ2v) is 3.02. The van der Waals surface area contributed by atoms with Gasteiger partial charge in [-0.05, 0) is 12.1 Å². The minimum Gasteiger partial charge on any atom is -0.439 e. The van der Waals surface area contributed by atoms with Crippen molar-refractivity contribution in [2.24, 2.45) is 0 Å². The normalized spacial score (nSPS) is 9.60. The smallest absolute Gasteiger partial charge is 0.222 e. The third-order valence-corrected chi connectivity index (χ3v) is 1.93. The highest BCUT2D eigenvalue weighted by Gasteiger charge is 1.98. The van der Waals surface area contributed by atoms with Crippen LogP contribution in [-0.2, 0) is 0 Å². The van der Waals surface area contributed by atoms with E-state index in [2.05, 4.69) is 9.97 Å². The molecule has 74 valence electrons. The molecule has 0 fully saturated rings. The third-order valence-electron chi connectivity index (χ3n) is 1.72. The van der Waals surface area contributed by atoms with E-state index in [0.717, 1.165) is 5.75 Å². The van der Waals surface area contributed by atoms with Gasteiger partial charge in [0.1, 0.15) is 5.75 Å². The van der Waals surface area contributed by atoms with E-state index in [1.807, 2.05) is 30.3 Å². The maximum Gasteiger partial charge on any atom is 0.222 e. The Morgan fingerprint density at radius 3 is 2.67 bits per heavy atom. The minimum absolute atomic E-state index is 0.485. The first-order valence-corrected chi connectivity index (χ1v) is 4.87. The van der Waals surface area contributed by atoms with Crippen LogP contribution in [0.25, 0.3) is 0 Å². The van der Waals surface area contributed by atoms with Crippen molar-refractivity contribution in [1.29, 1.82) is 0 Å². The second-order valence-electron chi connectivity index (χ2n) is 2.79. The van der Waals surface area contributed by atoms with Crippen LogP contribution in [0.5, 0.6) is 11.6 Å². The van der Waals surface area contributed by atoms with Gasteiger partial charge in [-0.1, -0.05) is 30.4 Å². The lowest BCUT2D eigenvalue weighted by Crippen LogP contribution is -1.94. The zero-order chi connectivity index (χ0) is 10.5. The first-order valence-electron chi connectivity index (χ1n) is 4.39. The first-order chi connectivity index (χ1) is 7.38. The van der Waals surface area contributed by atoms with Crippen LogP contribution < -0.4 is 4.74 Å². The minimum atomic E-state index is 0.485. The Hall–Kier alpha value is -1.81. The molecule has 0 N–H and O–H groups in total. The lowest BCUT2D eigenvalue weighted by Gasteiger charge is -2.03. The van der Waals surface area contributed by atoms with Gasteiger partial charge in [0, 0.05) is 17.6 Å². The summed E-state index contributed by atoms with van der Waals surface area (Å²) in [5.41, 5.74) is 0. The second kappa shape index (κ2) is 4.61. The molecule has 2 aromatic rings. The van der Waals surface area contributed by atoms with Crippen molar-refractivity contribution < 1.29 is 4.74 Å². The van der Waals surface area contributed by atoms with Crippen molar-refractivity contribution in [2.45, 2.75) is 0 Å². The molecule has 0 unspecified atom stereocenters. The summed E-state index contributed by atoms with van der Waals surface area (Å²) < 4.78 is 5.50. The van der Waals surface area contributed by atoms with Crippen LogP contribution in [0.15, 0.2) is 42.6 Å². The van der Waals surface area contributed by atoms with Gasteiger partial charge in [0.05, 0.1) is 0 Å². The number of para-hydroxylation sites is 1.